The van der Waals surface area contributed by atoms with Crippen molar-refractivity contribution in [3.8, 4) is 0 Å². The van der Waals surface area contributed by atoms with Gasteiger partial charge in [-0.05, 0) is 51.5 Å². The highest BCUT2D eigenvalue weighted by Crippen LogP contribution is 2.20. The van der Waals surface area contributed by atoms with E-state index in [-0.39, 0.29) is 0 Å². The van der Waals surface area contributed by atoms with Crippen molar-refractivity contribution >= 4 is 17.3 Å². The fourth-order valence-corrected chi connectivity index (χ4v) is 2.48. The number of rotatable bonds is 6. The normalized spacial score (nSPS) is 11.1. The molecule has 0 fully saturated rings. The van der Waals surface area contributed by atoms with Crippen LogP contribution in [0.3, 0.4) is 0 Å². The highest BCUT2D eigenvalue weighted by molar-refractivity contribution is 6.30. The molecule has 1 heterocycles. The number of hydrogen-bond acceptors (Lipinski definition) is 2. The minimum Gasteiger partial charge on any atom is -0.369 e. The molecule has 0 aliphatic rings. The van der Waals surface area contributed by atoms with Gasteiger partial charge in [0.05, 0.1) is 6.33 Å². The van der Waals surface area contributed by atoms with E-state index in [1.54, 1.807) is 0 Å². The van der Waals surface area contributed by atoms with Gasteiger partial charge in [0.25, 0.3) is 0 Å². The second kappa shape index (κ2) is 6.80. The van der Waals surface area contributed by atoms with Crippen LogP contribution in [0.5, 0.6) is 0 Å². The van der Waals surface area contributed by atoms with Crippen LogP contribution in [-0.4, -0.2) is 22.1 Å². The summed E-state index contributed by atoms with van der Waals surface area (Å²) in [6.07, 6.45) is 4.90. The second-order valence-corrected chi connectivity index (χ2v) is 5.78. The first-order chi connectivity index (χ1) is 9.58. The highest BCUT2D eigenvalue weighted by Gasteiger charge is 2.10. The maximum Gasteiger partial charge on any atom is 0.0948 e. The summed E-state index contributed by atoms with van der Waals surface area (Å²) in [4.78, 5) is 6.56. The molecular formula is C16H22ClN3. The Bertz CT molecular complexity index is 531. The molecule has 2 rings (SSSR count). The molecule has 4 heteroatoms. The summed E-state index contributed by atoms with van der Waals surface area (Å²) >= 11 is 5.96. The molecule has 0 atom stereocenters. The highest BCUT2D eigenvalue weighted by atomic mass is 35.5. The Morgan fingerprint density at radius 1 is 1.25 bits per heavy atom. The first-order valence-corrected chi connectivity index (χ1v) is 7.44. The number of benzene rings is 1. The number of aromatic nitrogens is 2. The molecular weight excluding hydrogens is 270 g/mol. The Hall–Kier alpha value is -1.48. The maximum absolute atomic E-state index is 5.96. The molecule has 2 aromatic rings. The van der Waals surface area contributed by atoms with Crippen molar-refractivity contribution in [1.29, 1.82) is 0 Å². The van der Waals surface area contributed by atoms with Crippen LogP contribution in [0.25, 0.3) is 0 Å². The molecule has 0 saturated carbocycles. The van der Waals surface area contributed by atoms with E-state index in [4.69, 9.17) is 11.6 Å². The Labute approximate surface area is 126 Å². The fourth-order valence-electron chi connectivity index (χ4n) is 2.35. The zero-order valence-corrected chi connectivity index (χ0v) is 13.1. The van der Waals surface area contributed by atoms with Gasteiger partial charge in [0.15, 0.2) is 0 Å². The molecule has 108 valence electrons. The van der Waals surface area contributed by atoms with E-state index in [1.807, 2.05) is 24.7 Å². The third-order valence-corrected chi connectivity index (χ3v) is 3.75. The minimum absolute atomic E-state index is 0.472. The molecule has 3 nitrogen and oxygen atoms in total. The first-order valence-electron chi connectivity index (χ1n) is 7.07. The van der Waals surface area contributed by atoms with E-state index < -0.39 is 0 Å². The van der Waals surface area contributed by atoms with Gasteiger partial charge in [-0.25, -0.2) is 4.98 Å². The molecule has 0 aliphatic heterocycles. The quantitative estimate of drug-likeness (QED) is 0.797. The largest absolute Gasteiger partial charge is 0.369 e. The molecule has 20 heavy (non-hydrogen) atoms. The third-order valence-electron chi connectivity index (χ3n) is 3.50. The monoisotopic (exact) mass is 291 g/mol. The van der Waals surface area contributed by atoms with Gasteiger partial charge in [0.2, 0.25) is 0 Å². The van der Waals surface area contributed by atoms with Gasteiger partial charge in [-0.1, -0.05) is 11.6 Å². The number of aryl methyl sites for hydroxylation is 2. The van der Waals surface area contributed by atoms with E-state index in [2.05, 4.69) is 47.4 Å². The molecule has 0 N–H and O–H groups in total. The van der Waals surface area contributed by atoms with Gasteiger partial charge in [-0.3, -0.25) is 0 Å². The third kappa shape index (κ3) is 3.76. The number of anilines is 1. The zero-order chi connectivity index (χ0) is 14.5. The molecule has 0 aliphatic carbocycles. The summed E-state index contributed by atoms with van der Waals surface area (Å²) in [6.45, 7) is 8.56. The summed E-state index contributed by atoms with van der Waals surface area (Å²) in [6, 6.07) is 8.55. The predicted molar refractivity (Wildman–Crippen MR) is 85.5 cm³/mol. The summed E-state index contributed by atoms with van der Waals surface area (Å²) in [5.74, 6) is 0. The minimum atomic E-state index is 0.472. The van der Waals surface area contributed by atoms with Gasteiger partial charge in [0, 0.05) is 41.7 Å². The number of halogens is 1. The van der Waals surface area contributed by atoms with Gasteiger partial charge < -0.3 is 9.47 Å². The van der Waals surface area contributed by atoms with Crippen LogP contribution in [0.2, 0.25) is 5.02 Å². The SMILES string of the molecule is Cc1cncn1CCCN(c1ccc(Cl)cc1)C(C)C. The van der Waals surface area contributed by atoms with Crippen molar-refractivity contribution in [2.45, 2.75) is 39.8 Å². The molecule has 0 unspecified atom stereocenters. The summed E-state index contributed by atoms with van der Waals surface area (Å²) in [5.41, 5.74) is 2.44. The van der Waals surface area contributed by atoms with Crippen LogP contribution < -0.4 is 4.90 Å². The fraction of sp³-hybridized carbons (Fsp3) is 0.438. The Morgan fingerprint density at radius 3 is 2.50 bits per heavy atom. The zero-order valence-electron chi connectivity index (χ0n) is 12.4. The second-order valence-electron chi connectivity index (χ2n) is 5.35. The Kier molecular flexibility index (Phi) is 5.07. The molecule has 0 bridgehead atoms. The van der Waals surface area contributed by atoms with Crippen molar-refractivity contribution in [1.82, 2.24) is 9.55 Å². The molecule has 0 spiro atoms. The summed E-state index contributed by atoms with van der Waals surface area (Å²) in [5, 5.41) is 0.784. The van der Waals surface area contributed by atoms with Crippen molar-refractivity contribution in [3.05, 3.63) is 47.5 Å². The van der Waals surface area contributed by atoms with E-state index in [0.29, 0.717) is 6.04 Å². The Balaban J connectivity index is 1.96. The van der Waals surface area contributed by atoms with Crippen molar-refractivity contribution in [2.24, 2.45) is 0 Å². The number of nitrogens with zero attached hydrogens (tertiary/aromatic N) is 3. The van der Waals surface area contributed by atoms with Gasteiger partial charge >= 0.3 is 0 Å². The molecule has 1 aromatic heterocycles. The van der Waals surface area contributed by atoms with E-state index in [1.165, 1.54) is 11.4 Å². The van der Waals surface area contributed by atoms with Gasteiger partial charge in [-0.2, -0.15) is 0 Å². The van der Waals surface area contributed by atoms with E-state index >= 15 is 0 Å². The van der Waals surface area contributed by atoms with Gasteiger partial charge in [0.1, 0.15) is 0 Å². The number of hydrogen-bond donors (Lipinski definition) is 0. The van der Waals surface area contributed by atoms with Gasteiger partial charge in [-0.15, -0.1) is 0 Å². The van der Waals surface area contributed by atoms with E-state index in [0.717, 1.165) is 24.5 Å². The topological polar surface area (TPSA) is 21.1 Å². The van der Waals surface area contributed by atoms with Crippen LogP contribution in [0, 0.1) is 6.92 Å². The standard InChI is InChI=1S/C16H22ClN3/c1-13(2)20(16-7-5-15(17)6-8-16)10-4-9-19-12-18-11-14(19)3/h5-8,11-13H,4,9-10H2,1-3H3. The lowest BCUT2D eigenvalue weighted by atomic mass is 10.2. The lowest BCUT2D eigenvalue weighted by molar-refractivity contribution is 0.586. The average Bonchev–Trinajstić information content (AvgIpc) is 2.81. The van der Waals surface area contributed by atoms with Crippen molar-refractivity contribution in [2.75, 3.05) is 11.4 Å². The molecule has 0 saturated heterocycles. The van der Waals surface area contributed by atoms with Crippen molar-refractivity contribution in [3.63, 3.8) is 0 Å². The number of imidazole rings is 1. The summed E-state index contributed by atoms with van der Waals surface area (Å²) < 4.78 is 2.19. The van der Waals surface area contributed by atoms with Crippen LogP contribution in [0.15, 0.2) is 36.8 Å². The van der Waals surface area contributed by atoms with E-state index in [9.17, 15) is 0 Å². The molecule has 0 amide bonds. The predicted octanol–water partition coefficient (Wildman–Crippen LogP) is 4.15. The molecule has 0 radical (unpaired) electrons. The smallest absolute Gasteiger partial charge is 0.0948 e. The van der Waals surface area contributed by atoms with Crippen LogP contribution in [0.4, 0.5) is 5.69 Å². The average molecular weight is 292 g/mol. The van der Waals surface area contributed by atoms with Crippen LogP contribution in [-0.2, 0) is 6.54 Å². The molecule has 1 aromatic carbocycles. The lowest BCUT2D eigenvalue weighted by Gasteiger charge is -2.29. The van der Waals surface area contributed by atoms with Crippen molar-refractivity contribution < 1.29 is 0 Å². The Morgan fingerprint density at radius 2 is 1.95 bits per heavy atom. The summed E-state index contributed by atoms with van der Waals surface area (Å²) in [7, 11) is 0. The maximum atomic E-state index is 5.96. The van der Waals surface area contributed by atoms with Crippen LogP contribution >= 0.6 is 11.6 Å². The van der Waals surface area contributed by atoms with Crippen LogP contribution in [0.1, 0.15) is 26.0 Å². The first kappa shape index (κ1) is 14.9. The lowest BCUT2D eigenvalue weighted by Crippen LogP contribution is -2.32.